The van der Waals surface area contributed by atoms with Crippen LogP contribution in [0.5, 0.6) is 0 Å². The van der Waals surface area contributed by atoms with Crippen molar-refractivity contribution in [1.29, 1.82) is 0 Å². The van der Waals surface area contributed by atoms with E-state index in [0.29, 0.717) is 5.88 Å². The molecule has 1 rings (SSSR count). The van der Waals surface area contributed by atoms with Gasteiger partial charge in [0.05, 0.1) is 16.4 Å². The molecule has 0 atom stereocenters. The van der Waals surface area contributed by atoms with Gasteiger partial charge < -0.3 is 0 Å². The number of aryl methyl sites for hydroxylation is 2. The Morgan fingerprint density at radius 3 is 2.24 bits per heavy atom. The lowest BCUT2D eigenvalue weighted by Crippen LogP contribution is -2.25. The Hall–Kier alpha value is -0.210. The average molecular weight is 277 g/mol. The minimum Gasteiger partial charge on any atom is -0.268 e. The molecule has 0 N–H and O–H groups in total. The SMILES string of the molecule is CCn1nc(C)c(Cl)c1CC(CC)(CC)CCl. The summed E-state index contributed by atoms with van der Waals surface area (Å²) < 4.78 is 2.00. The molecule has 0 spiro atoms. The van der Waals surface area contributed by atoms with Crippen LogP contribution in [-0.2, 0) is 13.0 Å². The molecule has 1 aromatic heterocycles. The van der Waals surface area contributed by atoms with E-state index in [4.69, 9.17) is 23.2 Å². The summed E-state index contributed by atoms with van der Waals surface area (Å²) in [4.78, 5) is 0. The summed E-state index contributed by atoms with van der Waals surface area (Å²) in [5, 5.41) is 5.27. The molecular weight excluding hydrogens is 255 g/mol. The third kappa shape index (κ3) is 2.97. The van der Waals surface area contributed by atoms with E-state index in [1.165, 1.54) is 0 Å². The molecule has 4 heteroatoms. The molecule has 0 radical (unpaired) electrons. The molecule has 1 heterocycles. The summed E-state index contributed by atoms with van der Waals surface area (Å²) in [5.41, 5.74) is 2.19. The Morgan fingerprint density at radius 2 is 1.82 bits per heavy atom. The normalized spacial score (nSPS) is 12.1. The second kappa shape index (κ2) is 6.10. The molecule has 0 saturated carbocycles. The van der Waals surface area contributed by atoms with E-state index in [1.807, 2.05) is 11.6 Å². The zero-order chi connectivity index (χ0) is 13.1. The second-order valence-electron chi connectivity index (χ2n) is 4.68. The molecular formula is C13H22Cl2N2. The van der Waals surface area contributed by atoms with Gasteiger partial charge in [0, 0.05) is 12.4 Å². The lowest BCUT2D eigenvalue weighted by molar-refractivity contribution is 0.293. The molecule has 0 saturated heterocycles. The summed E-state index contributed by atoms with van der Waals surface area (Å²) in [6.45, 7) is 9.29. The Bertz CT molecular complexity index is 359. The molecule has 0 unspecified atom stereocenters. The Labute approximate surface area is 114 Å². The van der Waals surface area contributed by atoms with Crippen LogP contribution >= 0.6 is 23.2 Å². The summed E-state index contributed by atoms with van der Waals surface area (Å²) in [6, 6.07) is 0. The van der Waals surface area contributed by atoms with Crippen LogP contribution in [0.1, 0.15) is 45.0 Å². The van der Waals surface area contributed by atoms with Gasteiger partial charge in [-0.3, -0.25) is 4.68 Å². The van der Waals surface area contributed by atoms with Gasteiger partial charge in [0.2, 0.25) is 0 Å². The van der Waals surface area contributed by atoms with Gasteiger partial charge >= 0.3 is 0 Å². The van der Waals surface area contributed by atoms with Crippen molar-refractivity contribution in [3.63, 3.8) is 0 Å². The standard InChI is InChI=1S/C13H22Cl2N2/c1-5-13(6-2,9-14)8-11-12(15)10(4)16-17(11)7-3/h5-9H2,1-4H3. The number of rotatable bonds is 6. The predicted molar refractivity (Wildman–Crippen MR) is 75.1 cm³/mol. The molecule has 0 aliphatic heterocycles. The van der Waals surface area contributed by atoms with Gasteiger partial charge in [-0.25, -0.2) is 0 Å². The van der Waals surface area contributed by atoms with Gasteiger partial charge in [-0.1, -0.05) is 25.4 Å². The minimum absolute atomic E-state index is 0.143. The molecule has 2 nitrogen and oxygen atoms in total. The molecule has 0 aliphatic rings. The van der Waals surface area contributed by atoms with Crippen LogP contribution in [0.3, 0.4) is 0 Å². The Balaban J connectivity index is 3.08. The lowest BCUT2D eigenvalue weighted by Gasteiger charge is -2.29. The van der Waals surface area contributed by atoms with Crippen molar-refractivity contribution in [2.75, 3.05) is 5.88 Å². The molecule has 0 fully saturated rings. The van der Waals surface area contributed by atoms with Crippen molar-refractivity contribution in [1.82, 2.24) is 9.78 Å². The molecule has 98 valence electrons. The second-order valence-corrected chi connectivity index (χ2v) is 5.32. The van der Waals surface area contributed by atoms with E-state index >= 15 is 0 Å². The van der Waals surface area contributed by atoms with Crippen molar-refractivity contribution >= 4 is 23.2 Å². The highest BCUT2D eigenvalue weighted by atomic mass is 35.5. The fourth-order valence-electron chi connectivity index (χ4n) is 2.13. The number of aromatic nitrogens is 2. The van der Waals surface area contributed by atoms with Gasteiger partial charge in [0.1, 0.15) is 0 Å². The Morgan fingerprint density at radius 1 is 1.24 bits per heavy atom. The summed E-state index contributed by atoms with van der Waals surface area (Å²) in [7, 11) is 0. The van der Waals surface area contributed by atoms with Crippen LogP contribution in [0.25, 0.3) is 0 Å². The monoisotopic (exact) mass is 276 g/mol. The molecule has 0 aliphatic carbocycles. The lowest BCUT2D eigenvalue weighted by atomic mass is 9.80. The van der Waals surface area contributed by atoms with Crippen LogP contribution in [0.15, 0.2) is 0 Å². The predicted octanol–water partition coefficient (Wildman–Crippen LogP) is 4.45. The Kier molecular flexibility index (Phi) is 5.33. The van der Waals surface area contributed by atoms with E-state index in [9.17, 15) is 0 Å². The van der Waals surface area contributed by atoms with Gasteiger partial charge in [0.25, 0.3) is 0 Å². The van der Waals surface area contributed by atoms with Crippen molar-refractivity contribution in [2.24, 2.45) is 5.41 Å². The van der Waals surface area contributed by atoms with Crippen LogP contribution < -0.4 is 0 Å². The number of alkyl halides is 1. The fourth-order valence-corrected chi connectivity index (χ4v) is 2.80. The summed E-state index contributed by atoms with van der Waals surface area (Å²) >= 11 is 12.5. The molecule has 0 bridgehead atoms. The molecule has 17 heavy (non-hydrogen) atoms. The highest BCUT2D eigenvalue weighted by Gasteiger charge is 2.28. The molecule has 1 aromatic rings. The van der Waals surface area contributed by atoms with Crippen molar-refractivity contribution in [3.05, 3.63) is 16.4 Å². The third-order valence-electron chi connectivity index (χ3n) is 3.78. The van der Waals surface area contributed by atoms with E-state index in [-0.39, 0.29) is 5.41 Å². The number of hydrogen-bond donors (Lipinski definition) is 0. The van der Waals surface area contributed by atoms with Gasteiger partial charge in [-0.15, -0.1) is 11.6 Å². The van der Waals surface area contributed by atoms with Crippen LogP contribution in [0.4, 0.5) is 0 Å². The molecule has 0 aromatic carbocycles. The summed E-state index contributed by atoms with van der Waals surface area (Å²) in [6.07, 6.45) is 3.05. The third-order valence-corrected chi connectivity index (χ3v) is 4.84. The van der Waals surface area contributed by atoms with Crippen LogP contribution in [-0.4, -0.2) is 15.7 Å². The quantitative estimate of drug-likeness (QED) is 0.702. The van der Waals surface area contributed by atoms with Gasteiger partial charge in [0.15, 0.2) is 0 Å². The van der Waals surface area contributed by atoms with E-state index in [1.54, 1.807) is 0 Å². The maximum Gasteiger partial charge on any atom is 0.0847 e. The average Bonchev–Trinajstić information content (AvgIpc) is 2.63. The van der Waals surface area contributed by atoms with E-state index < -0.39 is 0 Å². The maximum atomic E-state index is 6.34. The first-order chi connectivity index (χ1) is 8.03. The minimum atomic E-state index is 0.143. The first kappa shape index (κ1) is 14.8. The first-order valence-corrected chi connectivity index (χ1v) is 7.22. The maximum absolute atomic E-state index is 6.34. The zero-order valence-electron chi connectivity index (χ0n) is 11.2. The topological polar surface area (TPSA) is 17.8 Å². The summed E-state index contributed by atoms with van der Waals surface area (Å²) in [5.74, 6) is 0.671. The van der Waals surface area contributed by atoms with Crippen LogP contribution in [0, 0.1) is 12.3 Å². The van der Waals surface area contributed by atoms with E-state index in [0.717, 1.165) is 42.2 Å². The van der Waals surface area contributed by atoms with Crippen molar-refractivity contribution in [3.8, 4) is 0 Å². The number of nitrogens with zero attached hydrogens (tertiary/aromatic N) is 2. The highest BCUT2D eigenvalue weighted by Crippen LogP contribution is 2.35. The van der Waals surface area contributed by atoms with Crippen molar-refractivity contribution in [2.45, 2.75) is 53.5 Å². The van der Waals surface area contributed by atoms with Crippen molar-refractivity contribution < 1.29 is 0 Å². The van der Waals surface area contributed by atoms with Crippen LogP contribution in [0.2, 0.25) is 5.02 Å². The van der Waals surface area contributed by atoms with Gasteiger partial charge in [-0.05, 0) is 38.5 Å². The first-order valence-electron chi connectivity index (χ1n) is 6.31. The van der Waals surface area contributed by atoms with E-state index in [2.05, 4.69) is 25.9 Å². The fraction of sp³-hybridized carbons (Fsp3) is 0.769. The largest absolute Gasteiger partial charge is 0.268 e. The smallest absolute Gasteiger partial charge is 0.0847 e. The van der Waals surface area contributed by atoms with Gasteiger partial charge in [-0.2, -0.15) is 5.10 Å². The highest BCUT2D eigenvalue weighted by molar-refractivity contribution is 6.31. The molecule has 0 amide bonds. The number of halogens is 2. The zero-order valence-corrected chi connectivity index (χ0v) is 12.7. The number of hydrogen-bond acceptors (Lipinski definition) is 1.